The van der Waals surface area contributed by atoms with E-state index >= 15 is 0 Å². The number of allylic oxidation sites excluding steroid dienone is 1. The second-order valence-corrected chi connectivity index (χ2v) is 3.44. The van der Waals surface area contributed by atoms with Gasteiger partial charge < -0.3 is 5.73 Å². The van der Waals surface area contributed by atoms with Gasteiger partial charge in [-0.1, -0.05) is 43.0 Å². The molecule has 0 spiro atoms. The molecule has 0 bridgehead atoms. The molecule has 0 aliphatic carbocycles. The maximum Gasteiger partial charge on any atom is 0.107 e. The second kappa shape index (κ2) is 4.77. The average molecular weight is 188 g/mol. The lowest BCUT2D eigenvalue weighted by Crippen LogP contribution is -2.59. The van der Waals surface area contributed by atoms with E-state index < -0.39 is 0 Å². The third kappa shape index (κ3) is 2.12. The first kappa shape index (κ1) is 10.7. The van der Waals surface area contributed by atoms with Crippen LogP contribution < -0.4 is 5.73 Å². The fraction of sp³-hybridized carbons (Fsp3) is 0.231. The first-order valence-electron chi connectivity index (χ1n) is 4.91. The van der Waals surface area contributed by atoms with Crippen LogP contribution in [-0.2, 0) is 0 Å². The van der Waals surface area contributed by atoms with E-state index in [0.29, 0.717) is 6.04 Å². The van der Waals surface area contributed by atoms with Crippen molar-refractivity contribution < 1.29 is 5.73 Å². The summed E-state index contributed by atoms with van der Waals surface area (Å²) in [6.07, 6.45) is 4.02. The summed E-state index contributed by atoms with van der Waals surface area (Å²) in [6.45, 7) is 7.98. The van der Waals surface area contributed by atoms with Crippen molar-refractivity contribution >= 4 is 11.6 Å². The summed E-state index contributed by atoms with van der Waals surface area (Å²) in [4.78, 5) is 0. The van der Waals surface area contributed by atoms with Crippen LogP contribution in [0.2, 0.25) is 0 Å². The van der Waals surface area contributed by atoms with Gasteiger partial charge in [-0.25, -0.2) is 0 Å². The van der Waals surface area contributed by atoms with Gasteiger partial charge in [0.2, 0.25) is 0 Å². The van der Waals surface area contributed by atoms with E-state index in [1.165, 1.54) is 16.7 Å². The van der Waals surface area contributed by atoms with Gasteiger partial charge in [-0.15, -0.1) is 0 Å². The first-order valence-corrected chi connectivity index (χ1v) is 4.91. The molecular weight excluding hydrogens is 170 g/mol. The highest BCUT2D eigenvalue weighted by Gasteiger charge is 2.10. The minimum Gasteiger partial charge on any atom is -0.352 e. The predicted molar refractivity (Wildman–Crippen MR) is 62.5 cm³/mol. The van der Waals surface area contributed by atoms with Crippen molar-refractivity contribution in [2.75, 3.05) is 0 Å². The zero-order chi connectivity index (χ0) is 10.6. The topological polar surface area (TPSA) is 27.6 Å². The summed E-state index contributed by atoms with van der Waals surface area (Å²) in [6, 6.07) is 8.58. The van der Waals surface area contributed by atoms with E-state index in [1.54, 1.807) is 0 Å². The Bertz CT molecular complexity index is 348. The molecule has 0 aliphatic rings. The number of rotatable bonds is 3. The van der Waals surface area contributed by atoms with E-state index in [0.717, 1.165) is 0 Å². The molecule has 0 aromatic heterocycles. The molecule has 1 unspecified atom stereocenters. The molecule has 1 aromatic carbocycles. The predicted octanol–water partition coefficient (Wildman–Crippen LogP) is 2.36. The average Bonchev–Trinajstić information content (AvgIpc) is 2.19. The van der Waals surface area contributed by atoms with E-state index in [1.807, 2.05) is 18.2 Å². The molecule has 1 aromatic rings. The molecular formula is C13H18N+. The number of quaternary nitrogens is 1. The lowest BCUT2D eigenvalue weighted by atomic mass is 9.95. The molecule has 0 saturated heterocycles. The summed E-state index contributed by atoms with van der Waals surface area (Å²) in [5, 5.41) is 0. The van der Waals surface area contributed by atoms with Crippen molar-refractivity contribution in [3.8, 4) is 0 Å². The Hall–Kier alpha value is -1.34. The molecule has 0 aliphatic heterocycles. The van der Waals surface area contributed by atoms with Gasteiger partial charge in [0.1, 0.15) is 6.04 Å². The SMILES string of the molecule is C=Cc1ccccc1/C(=C\C)C(C)[NH3+]. The van der Waals surface area contributed by atoms with Crippen molar-refractivity contribution in [1.29, 1.82) is 0 Å². The highest BCUT2D eigenvalue weighted by atomic mass is 14.6. The molecule has 0 fully saturated rings. The van der Waals surface area contributed by atoms with Gasteiger partial charge in [0, 0.05) is 5.57 Å². The molecule has 0 heterocycles. The zero-order valence-corrected chi connectivity index (χ0v) is 8.96. The van der Waals surface area contributed by atoms with E-state index in [9.17, 15) is 0 Å². The highest BCUT2D eigenvalue weighted by molar-refractivity contribution is 5.75. The fourth-order valence-corrected chi connectivity index (χ4v) is 1.64. The molecule has 1 atom stereocenters. The van der Waals surface area contributed by atoms with Gasteiger partial charge in [0.15, 0.2) is 0 Å². The zero-order valence-electron chi connectivity index (χ0n) is 8.96. The Morgan fingerprint density at radius 1 is 1.43 bits per heavy atom. The maximum absolute atomic E-state index is 4.06. The third-order valence-electron chi connectivity index (χ3n) is 2.33. The molecule has 1 nitrogen and oxygen atoms in total. The number of hydrogen-bond acceptors (Lipinski definition) is 0. The van der Waals surface area contributed by atoms with Crippen molar-refractivity contribution in [1.82, 2.24) is 0 Å². The maximum atomic E-state index is 4.06. The van der Waals surface area contributed by atoms with Crippen LogP contribution >= 0.6 is 0 Å². The molecule has 0 radical (unpaired) electrons. The van der Waals surface area contributed by atoms with Crippen molar-refractivity contribution in [3.63, 3.8) is 0 Å². The van der Waals surface area contributed by atoms with Crippen LogP contribution in [0.5, 0.6) is 0 Å². The van der Waals surface area contributed by atoms with Gasteiger partial charge >= 0.3 is 0 Å². The summed E-state index contributed by atoms with van der Waals surface area (Å²) < 4.78 is 0. The minimum atomic E-state index is 0.307. The van der Waals surface area contributed by atoms with Crippen LogP contribution in [0.1, 0.15) is 25.0 Å². The third-order valence-corrected chi connectivity index (χ3v) is 2.33. The van der Waals surface area contributed by atoms with E-state index in [4.69, 9.17) is 0 Å². The molecule has 0 saturated carbocycles. The van der Waals surface area contributed by atoms with Gasteiger partial charge in [0.25, 0.3) is 0 Å². The van der Waals surface area contributed by atoms with Gasteiger partial charge in [-0.3, -0.25) is 0 Å². The molecule has 74 valence electrons. The van der Waals surface area contributed by atoms with E-state index in [-0.39, 0.29) is 0 Å². The first-order chi connectivity index (χ1) is 6.70. The Morgan fingerprint density at radius 3 is 2.57 bits per heavy atom. The quantitative estimate of drug-likeness (QED) is 0.754. The number of hydrogen-bond donors (Lipinski definition) is 1. The largest absolute Gasteiger partial charge is 0.352 e. The summed E-state index contributed by atoms with van der Waals surface area (Å²) in [5.41, 5.74) is 7.76. The van der Waals surface area contributed by atoms with Crippen LogP contribution in [0.25, 0.3) is 11.6 Å². The Kier molecular flexibility index (Phi) is 3.66. The van der Waals surface area contributed by atoms with Crippen LogP contribution in [0.3, 0.4) is 0 Å². The standard InChI is InChI=1S/C13H17N/c1-4-11-8-6-7-9-13(11)12(5-2)10(3)14/h4-10H,1,14H2,2-3H3/p+1/b12-5-. The van der Waals surface area contributed by atoms with Gasteiger partial charge in [0.05, 0.1) is 0 Å². The fourth-order valence-electron chi connectivity index (χ4n) is 1.64. The van der Waals surface area contributed by atoms with Crippen molar-refractivity contribution in [2.45, 2.75) is 19.9 Å². The summed E-state index contributed by atoms with van der Waals surface area (Å²) in [7, 11) is 0. The molecule has 1 rings (SSSR count). The summed E-state index contributed by atoms with van der Waals surface area (Å²) in [5.74, 6) is 0. The van der Waals surface area contributed by atoms with Crippen molar-refractivity contribution in [2.24, 2.45) is 0 Å². The highest BCUT2D eigenvalue weighted by Crippen LogP contribution is 2.21. The lowest BCUT2D eigenvalue weighted by molar-refractivity contribution is -0.393. The van der Waals surface area contributed by atoms with Crippen LogP contribution in [0, 0.1) is 0 Å². The normalized spacial score (nSPS) is 13.8. The molecule has 14 heavy (non-hydrogen) atoms. The van der Waals surface area contributed by atoms with Crippen LogP contribution in [0.15, 0.2) is 36.9 Å². The van der Waals surface area contributed by atoms with Crippen molar-refractivity contribution in [3.05, 3.63) is 48.0 Å². The molecule has 0 amide bonds. The Labute approximate surface area is 85.9 Å². The van der Waals surface area contributed by atoms with Crippen LogP contribution in [0.4, 0.5) is 0 Å². The van der Waals surface area contributed by atoms with Crippen LogP contribution in [-0.4, -0.2) is 6.04 Å². The molecule has 3 N–H and O–H groups in total. The Morgan fingerprint density at radius 2 is 2.07 bits per heavy atom. The summed E-state index contributed by atoms with van der Waals surface area (Å²) >= 11 is 0. The van der Waals surface area contributed by atoms with E-state index in [2.05, 4.69) is 44.4 Å². The second-order valence-electron chi connectivity index (χ2n) is 3.44. The minimum absolute atomic E-state index is 0.307. The molecule has 1 heteroatoms. The Balaban J connectivity index is 3.23. The lowest BCUT2D eigenvalue weighted by Gasteiger charge is -2.11. The number of benzene rings is 1. The monoisotopic (exact) mass is 188 g/mol. The smallest absolute Gasteiger partial charge is 0.107 e. The van der Waals surface area contributed by atoms with Gasteiger partial charge in [-0.05, 0) is 25.0 Å². The van der Waals surface area contributed by atoms with Gasteiger partial charge in [-0.2, -0.15) is 0 Å².